The Kier molecular flexibility index (Phi) is 4.95. The second-order valence-electron chi connectivity index (χ2n) is 4.86. The van der Waals surface area contributed by atoms with E-state index in [1.54, 1.807) is 24.3 Å². The first-order chi connectivity index (χ1) is 11.6. The number of nitrogen functional groups attached to an aromatic ring is 1. The summed E-state index contributed by atoms with van der Waals surface area (Å²) in [5.74, 6) is 7.08. The summed E-state index contributed by atoms with van der Waals surface area (Å²) in [7, 11) is 0. The molecule has 2 aromatic carbocycles. The summed E-state index contributed by atoms with van der Waals surface area (Å²) in [6.07, 6.45) is 0. The standard InChI is InChI=1S/C16H11Cl2N5S/c17-12-5-6-14(18)13(7-12)15-21-22-16(23(15)20)24-9-11-4-2-1-3-10(11)8-19/h1-7H,9,20H2. The third-order valence-electron chi connectivity index (χ3n) is 3.33. The van der Waals surface area contributed by atoms with E-state index in [1.165, 1.54) is 16.4 Å². The van der Waals surface area contributed by atoms with Crippen LogP contribution < -0.4 is 5.84 Å². The van der Waals surface area contributed by atoms with E-state index in [9.17, 15) is 0 Å². The quantitative estimate of drug-likeness (QED) is 0.547. The number of nitrogens with two attached hydrogens (primary N) is 1. The molecule has 0 atom stereocenters. The Bertz CT molecular complexity index is 932. The highest BCUT2D eigenvalue weighted by molar-refractivity contribution is 7.98. The zero-order valence-electron chi connectivity index (χ0n) is 12.3. The van der Waals surface area contributed by atoms with Crippen LogP contribution in [0.1, 0.15) is 11.1 Å². The van der Waals surface area contributed by atoms with Gasteiger partial charge in [-0.2, -0.15) is 5.26 Å². The number of hydrogen-bond donors (Lipinski definition) is 1. The van der Waals surface area contributed by atoms with Crippen molar-refractivity contribution in [2.45, 2.75) is 10.9 Å². The van der Waals surface area contributed by atoms with E-state index in [4.69, 9.17) is 34.3 Å². The molecule has 5 nitrogen and oxygen atoms in total. The fourth-order valence-corrected chi connectivity index (χ4v) is 3.36. The summed E-state index contributed by atoms with van der Waals surface area (Å²) >= 11 is 13.6. The topological polar surface area (TPSA) is 80.5 Å². The van der Waals surface area contributed by atoms with Crippen LogP contribution in [0.3, 0.4) is 0 Å². The van der Waals surface area contributed by atoms with Gasteiger partial charge in [0, 0.05) is 16.3 Å². The molecule has 2 N–H and O–H groups in total. The van der Waals surface area contributed by atoms with Crippen molar-refractivity contribution in [3.63, 3.8) is 0 Å². The summed E-state index contributed by atoms with van der Waals surface area (Å²) in [6.45, 7) is 0. The summed E-state index contributed by atoms with van der Waals surface area (Å²) in [4.78, 5) is 0. The minimum atomic E-state index is 0.429. The van der Waals surface area contributed by atoms with E-state index >= 15 is 0 Å². The molecule has 0 aliphatic heterocycles. The number of aromatic nitrogens is 3. The molecule has 120 valence electrons. The van der Waals surface area contributed by atoms with Gasteiger partial charge in [-0.3, -0.25) is 0 Å². The van der Waals surface area contributed by atoms with Crippen molar-refractivity contribution in [3.05, 3.63) is 63.6 Å². The van der Waals surface area contributed by atoms with Crippen LogP contribution in [0.4, 0.5) is 0 Å². The van der Waals surface area contributed by atoms with Gasteiger partial charge in [-0.25, -0.2) is 4.68 Å². The van der Waals surface area contributed by atoms with Crippen molar-refractivity contribution < 1.29 is 0 Å². The van der Waals surface area contributed by atoms with E-state index in [0.29, 0.717) is 37.9 Å². The molecule has 3 rings (SSSR count). The van der Waals surface area contributed by atoms with Crippen LogP contribution in [0.2, 0.25) is 10.0 Å². The Morgan fingerprint density at radius 3 is 2.75 bits per heavy atom. The first kappa shape index (κ1) is 16.7. The summed E-state index contributed by atoms with van der Waals surface area (Å²) in [5.41, 5.74) is 2.16. The van der Waals surface area contributed by atoms with Gasteiger partial charge in [-0.05, 0) is 29.8 Å². The van der Waals surface area contributed by atoms with Crippen molar-refractivity contribution in [2.75, 3.05) is 5.84 Å². The lowest BCUT2D eigenvalue weighted by molar-refractivity contribution is 0.849. The highest BCUT2D eigenvalue weighted by Gasteiger charge is 2.16. The smallest absolute Gasteiger partial charge is 0.210 e. The molecule has 0 spiro atoms. The molecule has 3 aromatic rings. The maximum absolute atomic E-state index is 9.14. The Hall–Kier alpha value is -2.20. The third-order valence-corrected chi connectivity index (χ3v) is 4.89. The van der Waals surface area contributed by atoms with Gasteiger partial charge < -0.3 is 5.84 Å². The van der Waals surface area contributed by atoms with Gasteiger partial charge >= 0.3 is 0 Å². The molecule has 0 unspecified atom stereocenters. The molecule has 0 fully saturated rings. The molecule has 1 heterocycles. The van der Waals surface area contributed by atoms with Crippen LogP contribution in [0.25, 0.3) is 11.4 Å². The Morgan fingerprint density at radius 2 is 1.96 bits per heavy atom. The molecular formula is C16H11Cl2N5S. The predicted octanol–water partition coefficient (Wildman–Crippen LogP) is 4.13. The molecular weight excluding hydrogens is 365 g/mol. The van der Waals surface area contributed by atoms with Gasteiger partial charge in [0.05, 0.1) is 16.7 Å². The molecule has 0 saturated heterocycles. The molecule has 0 radical (unpaired) electrons. The molecule has 0 aliphatic rings. The van der Waals surface area contributed by atoms with Gasteiger partial charge in [-0.1, -0.05) is 53.2 Å². The SMILES string of the molecule is N#Cc1ccccc1CSc1nnc(-c2cc(Cl)ccc2Cl)n1N. The first-order valence-electron chi connectivity index (χ1n) is 6.87. The average Bonchev–Trinajstić information content (AvgIpc) is 2.96. The number of nitrogens with zero attached hydrogens (tertiary/aromatic N) is 4. The molecule has 0 amide bonds. The van der Waals surface area contributed by atoms with Crippen molar-refractivity contribution in [3.8, 4) is 17.5 Å². The van der Waals surface area contributed by atoms with E-state index in [1.807, 2.05) is 18.2 Å². The predicted molar refractivity (Wildman–Crippen MR) is 96.3 cm³/mol. The normalized spacial score (nSPS) is 10.5. The zero-order valence-corrected chi connectivity index (χ0v) is 14.6. The minimum Gasteiger partial charge on any atom is -0.335 e. The van der Waals surface area contributed by atoms with Crippen molar-refractivity contribution in [2.24, 2.45) is 0 Å². The van der Waals surface area contributed by atoms with Crippen LogP contribution in [-0.4, -0.2) is 14.9 Å². The second kappa shape index (κ2) is 7.14. The lowest BCUT2D eigenvalue weighted by Crippen LogP contribution is -2.11. The number of rotatable bonds is 4. The maximum atomic E-state index is 9.14. The molecule has 0 saturated carbocycles. The minimum absolute atomic E-state index is 0.429. The van der Waals surface area contributed by atoms with Gasteiger partial charge in [0.25, 0.3) is 0 Å². The van der Waals surface area contributed by atoms with Gasteiger partial charge in [-0.15, -0.1) is 10.2 Å². The lowest BCUT2D eigenvalue weighted by atomic mass is 10.1. The molecule has 1 aromatic heterocycles. The van der Waals surface area contributed by atoms with E-state index in [-0.39, 0.29) is 0 Å². The van der Waals surface area contributed by atoms with Crippen molar-refractivity contribution >= 4 is 35.0 Å². The fourth-order valence-electron chi connectivity index (χ4n) is 2.13. The summed E-state index contributed by atoms with van der Waals surface area (Å²) < 4.78 is 1.37. The van der Waals surface area contributed by atoms with Gasteiger partial charge in [0.15, 0.2) is 5.82 Å². The largest absolute Gasteiger partial charge is 0.335 e. The van der Waals surface area contributed by atoms with Crippen LogP contribution >= 0.6 is 35.0 Å². The van der Waals surface area contributed by atoms with Crippen LogP contribution in [0.5, 0.6) is 0 Å². The lowest BCUT2D eigenvalue weighted by Gasteiger charge is -2.06. The second-order valence-corrected chi connectivity index (χ2v) is 6.64. The fraction of sp³-hybridized carbons (Fsp3) is 0.0625. The first-order valence-corrected chi connectivity index (χ1v) is 8.61. The van der Waals surface area contributed by atoms with Crippen molar-refractivity contribution in [1.29, 1.82) is 5.26 Å². The van der Waals surface area contributed by atoms with E-state index in [2.05, 4.69) is 16.3 Å². The number of halogens is 2. The van der Waals surface area contributed by atoms with E-state index < -0.39 is 0 Å². The summed E-state index contributed by atoms with van der Waals surface area (Å²) in [5, 5.41) is 18.9. The number of nitriles is 1. The molecule has 0 aliphatic carbocycles. The van der Waals surface area contributed by atoms with Crippen LogP contribution in [-0.2, 0) is 5.75 Å². The Balaban J connectivity index is 1.86. The zero-order chi connectivity index (χ0) is 17.1. The number of benzene rings is 2. The van der Waals surface area contributed by atoms with Crippen molar-refractivity contribution in [1.82, 2.24) is 14.9 Å². The van der Waals surface area contributed by atoms with Gasteiger partial charge in [0.1, 0.15) is 0 Å². The van der Waals surface area contributed by atoms with Crippen LogP contribution in [0, 0.1) is 11.3 Å². The maximum Gasteiger partial charge on any atom is 0.210 e. The number of thioether (sulfide) groups is 1. The third kappa shape index (κ3) is 3.34. The van der Waals surface area contributed by atoms with Crippen LogP contribution in [0.15, 0.2) is 47.6 Å². The molecule has 8 heteroatoms. The average molecular weight is 376 g/mol. The monoisotopic (exact) mass is 375 g/mol. The summed E-state index contributed by atoms with van der Waals surface area (Å²) in [6, 6.07) is 14.6. The Morgan fingerprint density at radius 1 is 1.17 bits per heavy atom. The van der Waals surface area contributed by atoms with Gasteiger partial charge in [0.2, 0.25) is 5.16 Å². The highest BCUT2D eigenvalue weighted by Crippen LogP contribution is 2.31. The number of hydrogen-bond acceptors (Lipinski definition) is 5. The Labute approximate surface area is 153 Å². The molecule has 0 bridgehead atoms. The highest BCUT2D eigenvalue weighted by atomic mass is 35.5. The van der Waals surface area contributed by atoms with E-state index in [0.717, 1.165) is 5.56 Å². The molecule has 24 heavy (non-hydrogen) atoms.